The molecule has 0 bridgehead atoms. The van der Waals surface area contributed by atoms with Crippen LogP contribution in [0.2, 0.25) is 0 Å². The molecule has 18 heavy (non-hydrogen) atoms. The Labute approximate surface area is 107 Å². The van der Waals surface area contributed by atoms with E-state index in [4.69, 9.17) is 0 Å². The number of fused-ring (bicyclic) bond motifs is 1. The first kappa shape index (κ1) is 13.0. The lowest BCUT2D eigenvalue weighted by atomic mass is 9.99. The molecule has 1 aromatic rings. The zero-order valence-electron chi connectivity index (χ0n) is 10.4. The van der Waals surface area contributed by atoms with Gasteiger partial charge in [0.05, 0.1) is 5.69 Å². The molecular weight excluding hydrogens is 252 g/mol. The molecule has 1 aromatic carbocycles. The van der Waals surface area contributed by atoms with E-state index in [-0.39, 0.29) is 5.78 Å². The van der Waals surface area contributed by atoms with Crippen LogP contribution in [-0.4, -0.2) is 27.8 Å². The molecule has 1 heterocycles. The average Bonchev–Trinajstić information content (AvgIpc) is 2.37. The summed E-state index contributed by atoms with van der Waals surface area (Å²) in [6.07, 6.45) is 1.56. The van der Waals surface area contributed by atoms with E-state index >= 15 is 0 Å². The second kappa shape index (κ2) is 4.70. The van der Waals surface area contributed by atoms with E-state index in [0.717, 1.165) is 18.4 Å². The lowest BCUT2D eigenvalue weighted by molar-refractivity contribution is 0.101. The Kier molecular flexibility index (Phi) is 3.41. The Bertz CT molecular complexity index is 581. The third-order valence-electron chi connectivity index (χ3n) is 3.11. The molecule has 1 aliphatic heterocycles. The molecule has 0 aromatic heterocycles. The maximum absolute atomic E-state index is 11.9. The van der Waals surface area contributed by atoms with E-state index in [1.165, 1.54) is 18.3 Å². The van der Waals surface area contributed by atoms with E-state index in [0.29, 0.717) is 17.8 Å². The minimum atomic E-state index is -3.47. The topological polar surface area (TPSA) is 66.5 Å². The predicted molar refractivity (Wildman–Crippen MR) is 70.1 cm³/mol. The summed E-state index contributed by atoms with van der Waals surface area (Å²) in [5.74, 6) is -0.00797. The molecule has 0 unspecified atom stereocenters. The summed E-state index contributed by atoms with van der Waals surface area (Å²) in [6.45, 7) is 1.97. The Morgan fingerprint density at radius 3 is 2.72 bits per heavy atom. The lowest BCUT2D eigenvalue weighted by Gasteiger charge is -2.30. The Morgan fingerprint density at radius 1 is 1.39 bits per heavy atom. The molecule has 0 aliphatic carbocycles. The first-order valence-electron chi connectivity index (χ1n) is 5.81. The summed E-state index contributed by atoms with van der Waals surface area (Å²) < 4.78 is 27.4. The highest BCUT2D eigenvalue weighted by Gasteiger charge is 2.26. The van der Waals surface area contributed by atoms with E-state index in [9.17, 15) is 13.2 Å². The van der Waals surface area contributed by atoms with Crippen LogP contribution >= 0.6 is 0 Å². The van der Waals surface area contributed by atoms with Gasteiger partial charge in [-0.25, -0.2) is 4.72 Å². The van der Waals surface area contributed by atoms with Gasteiger partial charge in [-0.2, -0.15) is 8.42 Å². The summed E-state index contributed by atoms with van der Waals surface area (Å²) in [5, 5.41) is 0. The molecule has 0 saturated carbocycles. The van der Waals surface area contributed by atoms with E-state index < -0.39 is 10.2 Å². The lowest BCUT2D eigenvalue weighted by Crippen LogP contribution is -2.42. The summed E-state index contributed by atoms with van der Waals surface area (Å²) in [6, 6.07) is 5.17. The van der Waals surface area contributed by atoms with Gasteiger partial charge < -0.3 is 0 Å². The van der Waals surface area contributed by atoms with Crippen molar-refractivity contribution in [1.29, 1.82) is 0 Å². The zero-order valence-corrected chi connectivity index (χ0v) is 11.3. The molecule has 0 spiro atoms. The van der Waals surface area contributed by atoms with Crippen molar-refractivity contribution in [1.82, 2.24) is 4.72 Å². The van der Waals surface area contributed by atoms with Crippen LogP contribution in [0.3, 0.4) is 0 Å². The van der Waals surface area contributed by atoms with Gasteiger partial charge in [-0.3, -0.25) is 9.10 Å². The highest BCUT2D eigenvalue weighted by molar-refractivity contribution is 7.90. The SMILES string of the molecule is CNS(=O)(=O)N1CCCc2cc(C(C)=O)ccc21. The van der Waals surface area contributed by atoms with Gasteiger partial charge in [-0.1, -0.05) is 0 Å². The van der Waals surface area contributed by atoms with Crippen molar-refractivity contribution in [3.63, 3.8) is 0 Å². The fourth-order valence-corrected chi connectivity index (χ4v) is 3.17. The molecule has 0 fully saturated rings. The van der Waals surface area contributed by atoms with Crippen molar-refractivity contribution in [2.24, 2.45) is 0 Å². The van der Waals surface area contributed by atoms with Gasteiger partial charge in [0.15, 0.2) is 5.78 Å². The maximum atomic E-state index is 11.9. The predicted octanol–water partition coefficient (Wildman–Crippen LogP) is 1.11. The molecule has 5 nitrogen and oxygen atoms in total. The minimum absolute atomic E-state index is 0.00797. The van der Waals surface area contributed by atoms with Crippen molar-refractivity contribution < 1.29 is 13.2 Å². The second-order valence-corrected chi connectivity index (χ2v) is 6.08. The van der Waals surface area contributed by atoms with Gasteiger partial charge in [0.25, 0.3) is 0 Å². The van der Waals surface area contributed by atoms with Crippen LogP contribution in [0.15, 0.2) is 18.2 Å². The van der Waals surface area contributed by atoms with Gasteiger partial charge in [-0.05, 0) is 43.5 Å². The van der Waals surface area contributed by atoms with Gasteiger partial charge >= 0.3 is 10.2 Å². The number of hydrogen-bond donors (Lipinski definition) is 1. The number of ketones is 1. The number of anilines is 1. The van der Waals surface area contributed by atoms with Crippen LogP contribution in [-0.2, 0) is 16.6 Å². The summed E-state index contributed by atoms with van der Waals surface area (Å²) in [5.41, 5.74) is 2.20. The van der Waals surface area contributed by atoms with Crippen molar-refractivity contribution in [2.75, 3.05) is 17.9 Å². The van der Waals surface area contributed by atoms with Crippen LogP contribution in [0, 0.1) is 0 Å². The normalized spacial score (nSPS) is 15.3. The second-order valence-electron chi connectivity index (χ2n) is 4.28. The number of rotatable bonds is 3. The van der Waals surface area contributed by atoms with Crippen molar-refractivity contribution in [3.8, 4) is 0 Å². The molecule has 6 heteroatoms. The van der Waals surface area contributed by atoms with Gasteiger partial charge in [0.1, 0.15) is 0 Å². The summed E-state index contributed by atoms with van der Waals surface area (Å²) in [7, 11) is -2.07. The molecule has 2 rings (SSSR count). The number of carbonyl (C=O) groups excluding carboxylic acids is 1. The number of benzene rings is 1. The van der Waals surface area contributed by atoms with Crippen molar-refractivity contribution in [3.05, 3.63) is 29.3 Å². The van der Waals surface area contributed by atoms with Crippen LogP contribution in [0.5, 0.6) is 0 Å². The average molecular weight is 268 g/mol. The van der Waals surface area contributed by atoms with Gasteiger partial charge in [0, 0.05) is 19.2 Å². The van der Waals surface area contributed by atoms with Crippen LogP contribution in [0.4, 0.5) is 5.69 Å². The first-order valence-corrected chi connectivity index (χ1v) is 7.25. The highest BCUT2D eigenvalue weighted by atomic mass is 32.2. The molecule has 98 valence electrons. The fraction of sp³-hybridized carbons (Fsp3) is 0.417. The van der Waals surface area contributed by atoms with Crippen LogP contribution in [0.25, 0.3) is 0 Å². The summed E-state index contributed by atoms with van der Waals surface area (Å²) in [4.78, 5) is 11.3. The smallest absolute Gasteiger partial charge is 0.295 e. The zero-order chi connectivity index (χ0) is 13.3. The number of carbonyl (C=O) groups is 1. The quantitative estimate of drug-likeness (QED) is 0.835. The molecular formula is C12H16N2O3S. The molecule has 0 atom stereocenters. The summed E-state index contributed by atoms with van der Waals surface area (Å²) >= 11 is 0. The maximum Gasteiger partial charge on any atom is 0.301 e. The number of aryl methyl sites for hydroxylation is 1. The minimum Gasteiger partial charge on any atom is -0.295 e. The third-order valence-corrected chi connectivity index (χ3v) is 4.59. The number of nitrogens with one attached hydrogen (secondary N) is 1. The first-order chi connectivity index (χ1) is 8.45. The standard InChI is InChI=1S/C12H16N2O3S/c1-9(15)10-5-6-12-11(8-10)4-3-7-14(12)18(16,17)13-2/h5-6,8,13H,3-4,7H2,1-2H3. The van der Waals surface area contributed by atoms with Gasteiger partial charge in [-0.15, -0.1) is 0 Å². The number of hydrogen-bond acceptors (Lipinski definition) is 3. The number of nitrogens with zero attached hydrogens (tertiary/aromatic N) is 1. The van der Waals surface area contributed by atoms with Crippen LogP contribution < -0.4 is 9.03 Å². The molecule has 1 aliphatic rings. The van der Waals surface area contributed by atoms with Gasteiger partial charge in [0.2, 0.25) is 0 Å². The van der Waals surface area contributed by atoms with Crippen molar-refractivity contribution >= 4 is 21.7 Å². The number of Topliss-reactive ketones (excluding diaryl/α,β-unsaturated/α-hetero) is 1. The van der Waals surface area contributed by atoms with Crippen LogP contribution in [0.1, 0.15) is 29.3 Å². The van der Waals surface area contributed by atoms with E-state index in [2.05, 4.69) is 4.72 Å². The van der Waals surface area contributed by atoms with E-state index in [1.807, 2.05) is 0 Å². The molecule has 0 saturated heterocycles. The Hall–Kier alpha value is -1.40. The molecule has 0 radical (unpaired) electrons. The third kappa shape index (κ3) is 2.26. The van der Waals surface area contributed by atoms with Crippen molar-refractivity contribution in [2.45, 2.75) is 19.8 Å². The fourth-order valence-electron chi connectivity index (χ4n) is 2.14. The highest BCUT2D eigenvalue weighted by Crippen LogP contribution is 2.29. The largest absolute Gasteiger partial charge is 0.301 e. The molecule has 0 amide bonds. The van der Waals surface area contributed by atoms with E-state index in [1.54, 1.807) is 18.2 Å². The monoisotopic (exact) mass is 268 g/mol. The Morgan fingerprint density at radius 2 is 2.11 bits per heavy atom. The molecule has 1 N–H and O–H groups in total. The Balaban J connectivity index is 2.49.